The van der Waals surface area contributed by atoms with E-state index >= 15 is 0 Å². The summed E-state index contributed by atoms with van der Waals surface area (Å²) in [6.07, 6.45) is 0. The average Bonchev–Trinajstić information content (AvgIpc) is 2.91. The standard InChI is InChI=1S/C17H18FNOS/c1-2-20-16-8-7-13(9-15(16)18)19-10-12-11-21-17-6-4-3-5-14(12)17/h3-9,12,19H,2,10-11H2,1H3. The van der Waals surface area contributed by atoms with Gasteiger partial charge in [0.15, 0.2) is 11.6 Å². The summed E-state index contributed by atoms with van der Waals surface area (Å²) in [5, 5.41) is 3.33. The molecule has 1 heterocycles. The number of nitrogens with one attached hydrogen (secondary N) is 1. The summed E-state index contributed by atoms with van der Waals surface area (Å²) in [4.78, 5) is 1.36. The molecule has 2 aromatic rings. The molecule has 21 heavy (non-hydrogen) atoms. The Morgan fingerprint density at radius 3 is 2.95 bits per heavy atom. The van der Waals surface area contributed by atoms with E-state index in [2.05, 4.69) is 29.6 Å². The first-order chi connectivity index (χ1) is 10.3. The molecule has 1 N–H and O–H groups in total. The Kier molecular flexibility index (Phi) is 4.34. The largest absolute Gasteiger partial charge is 0.491 e. The molecule has 0 aliphatic carbocycles. The van der Waals surface area contributed by atoms with Gasteiger partial charge in [-0.1, -0.05) is 18.2 Å². The van der Waals surface area contributed by atoms with Crippen LogP contribution < -0.4 is 10.1 Å². The molecule has 1 aliphatic rings. The van der Waals surface area contributed by atoms with E-state index in [0.29, 0.717) is 18.3 Å². The lowest BCUT2D eigenvalue weighted by Crippen LogP contribution is -2.12. The van der Waals surface area contributed by atoms with E-state index in [1.54, 1.807) is 6.07 Å². The molecule has 4 heteroatoms. The number of fused-ring (bicyclic) bond motifs is 1. The Morgan fingerprint density at radius 2 is 2.14 bits per heavy atom. The van der Waals surface area contributed by atoms with Crippen molar-refractivity contribution in [1.82, 2.24) is 0 Å². The lowest BCUT2D eigenvalue weighted by molar-refractivity contribution is 0.321. The van der Waals surface area contributed by atoms with E-state index in [0.717, 1.165) is 18.0 Å². The van der Waals surface area contributed by atoms with Crippen molar-refractivity contribution in [2.45, 2.75) is 17.7 Å². The van der Waals surface area contributed by atoms with Crippen LogP contribution in [0.1, 0.15) is 18.4 Å². The SMILES string of the molecule is CCOc1ccc(NCC2CSc3ccccc32)cc1F. The van der Waals surface area contributed by atoms with Gasteiger partial charge in [0.2, 0.25) is 0 Å². The third kappa shape index (κ3) is 3.16. The van der Waals surface area contributed by atoms with Crippen LogP contribution in [0.25, 0.3) is 0 Å². The average molecular weight is 303 g/mol. The first-order valence-corrected chi connectivity index (χ1v) is 8.14. The third-order valence-corrected chi connectivity index (χ3v) is 4.83. The van der Waals surface area contributed by atoms with Gasteiger partial charge in [0.1, 0.15) is 0 Å². The second-order valence-corrected chi connectivity index (χ2v) is 6.07. The lowest BCUT2D eigenvalue weighted by atomic mass is 10.0. The predicted molar refractivity (Wildman–Crippen MR) is 86.0 cm³/mol. The highest BCUT2D eigenvalue weighted by atomic mass is 32.2. The van der Waals surface area contributed by atoms with Crippen LogP contribution in [0.3, 0.4) is 0 Å². The zero-order chi connectivity index (χ0) is 14.7. The first kappa shape index (κ1) is 14.3. The molecule has 0 spiro atoms. The van der Waals surface area contributed by atoms with Crippen molar-refractivity contribution in [2.75, 3.05) is 24.2 Å². The minimum Gasteiger partial charge on any atom is -0.491 e. The topological polar surface area (TPSA) is 21.3 Å². The monoisotopic (exact) mass is 303 g/mol. The molecule has 0 saturated heterocycles. The Bertz CT molecular complexity index is 632. The van der Waals surface area contributed by atoms with Gasteiger partial charge in [-0.3, -0.25) is 0 Å². The van der Waals surface area contributed by atoms with Crippen molar-refractivity contribution in [3.8, 4) is 5.75 Å². The van der Waals surface area contributed by atoms with Crippen LogP contribution in [-0.4, -0.2) is 18.9 Å². The van der Waals surface area contributed by atoms with Crippen LogP contribution >= 0.6 is 11.8 Å². The molecule has 1 aliphatic heterocycles. The molecule has 0 bridgehead atoms. The van der Waals surface area contributed by atoms with E-state index < -0.39 is 0 Å². The number of halogens is 1. The van der Waals surface area contributed by atoms with Crippen LogP contribution in [0.2, 0.25) is 0 Å². The van der Waals surface area contributed by atoms with Crippen molar-refractivity contribution >= 4 is 17.4 Å². The van der Waals surface area contributed by atoms with E-state index in [4.69, 9.17) is 4.74 Å². The van der Waals surface area contributed by atoms with E-state index in [1.165, 1.54) is 16.5 Å². The van der Waals surface area contributed by atoms with Gasteiger partial charge in [0, 0.05) is 34.9 Å². The fraction of sp³-hybridized carbons (Fsp3) is 0.294. The molecule has 0 fully saturated rings. The van der Waals surface area contributed by atoms with Gasteiger partial charge >= 0.3 is 0 Å². The second kappa shape index (κ2) is 6.39. The minimum atomic E-state index is -0.317. The van der Waals surface area contributed by atoms with Crippen molar-refractivity contribution in [3.05, 3.63) is 53.8 Å². The predicted octanol–water partition coefficient (Wildman–Crippen LogP) is 4.53. The van der Waals surface area contributed by atoms with Crippen molar-refractivity contribution in [1.29, 1.82) is 0 Å². The molecule has 1 atom stereocenters. The summed E-state index contributed by atoms with van der Waals surface area (Å²) in [7, 11) is 0. The number of thioether (sulfide) groups is 1. The summed E-state index contributed by atoms with van der Waals surface area (Å²) in [6, 6.07) is 13.5. The molecular formula is C17H18FNOS. The van der Waals surface area contributed by atoms with Gasteiger partial charge in [0.05, 0.1) is 6.61 Å². The van der Waals surface area contributed by atoms with Gasteiger partial charge in [-0.05, 0) is 30.7 Å². The molecule has 0 saturated carbocycles. The Hall–Kier alpha value is -1.68. The fourth-order valence-electron chi connectivity index (χ4n) is 2.52. The maximum Gasteiger partial charge on any atom is 0.167 e. The maximum atomic E-state index is 13.8. The number of benzene rings is 2. The molecule has 0 amide bonds. The van der Waals surface area contributed by atoms with Gasteiger partial charge in [-0.15, -0.1) is 11.8 Å². The summed E-state index contributed by atoms with van der Waals surface area (Å²) >= 11 is 1.89. The summed E-state index contributed by atoms with van der Waals surface area (Å²) < 4.78 is 19.0. The van der Waals surface area contributed by atoms with Gasteiger partial charge in [0.25, 0.3) is 0 Å². The number of hydrogen-bond acceptors (Lipinski definition) is 3. The minimum absolute atomic E-state index is 0.310. The summed E-state index contributed by atoms with van der Waals surface area (Å²) in [5.74, 6) is 1.54. The van der Waals surface area contributed by atoms with E-state index in [1.807, 2.05) is 24.8 Å². The van der Waals surface area contributed by atoms with Crippen molar-refractivity contribution in [3.63, 3.8) is 0 Å². The van der Waals surface area contributed by atoms with Crippen molar-refractivity contribution < 1.29 is 9.13 Å². The van der Waals surface area contributed by atoms with Crippen LogP contribution in [0, 0.1) is 5.82 Å². The highest BCUT2D eigenvalue weighted by Crippen LogP contribution is 2.39. The highest BCUT2D eigenvalue weighted by molar-refractivity contribution is 7.99. The van der Waals surface area contributed by atoms with E-state index in [9.17, 15) is 4.39 Å². The Labute approximate surface area is 128 Å². The normalized spacial score (nSPS) is 16.6. The van der Waals surface area contributed by atoms with Crippen LogP contribution in [0.5, 0.6) is 5.75 Å². The van der Waals surface area contributed by atoms with Gasteiger partial charge < -0.3 is 10.1 Å². The molecule has 2 aromatic carbocycles. The van der Waals surface area contributed by atoms with Crippen molar-refractivity contribution in [2.24, 2.45) is 0 Å². The summed E-state index contributed by atoms with van der Waals surface area (Å²) in [5.41, 5.74) is 2.19. The molecular weight excluding hydrogens is 285 g/mol. The Balaban J connectivity index is 1.65. The summed E-state index contributed by atoms with van der Waals surface area (Å²) in [6.45, 7) is 3.14. The molecule has 2 nitrogen and oxygen atoms in total. The highest BCUT2D eigenvalue weighted by Gasteiger charge is 2.22. The second-order valence-electron chi connectivity index (χ2n) is 5.00. The van der Waals surface area contributed by atoms with Crippen LogP contribution in [-0.2, 0) is 0 Å². The Morgan fingerprint density at radius 1 is 1.29 bits per heavy atom. The van der Waals surface area contributed by atoms with Gasteiger partial charge in [-0.25, -0.2) is 4.39 Å². The lowest BCUT2D eigenvalue weighted by Gasteiger charge is -2.14. The van der Waals surface area contributed by atoms with E-state index in [-0.39, 0.29) is 5.82 Å². The quantitative estimate of drug-likeness (QED) is 0.877. The molecule has 0 radical (unpaired) electrons. The number of anilines is 1. The van der Waals surface area contributed by atoms with Crippen LogP contribution in [0.15, 0.2) is 47.4 Å². The molecule has 3 rings (SSSR count). The molecule has 1 unspecified atom stereocenters. The maximum absolute atomic E-state index is 13.8. The fourth-order valence-corrected chi connectivity index (χ4v) is 3.78. The number of hydrogen-bond donors (Lipinski definition) is 1. The van der Waals surface area contributed by atoms with Crippen LogP contribution in [0.4, 0.5) is 10.1 Å². The molecule has 0 aromatic heterocycles. The zero-order valence-corrected chi connectivity index (χ0v) is 12.8. The smallest absolute Gasteiger partial charge is 0.167 e. The third-order valence-electron chi connectivity index (χ3n) is 3.58. The number of ether oxygens (including phenoxy) is 1. The number of rotatable bonds is 5. The van der Waals surface area contributed by atoms with Gasteiger partial charge in [-0.2, -0.15) is 0 Å². The molecule has 110 valence electrons. The first-order valence-electron chi connectivity index (χ1n) is 7.16. The zero-order valence-electron chi connectivity index (χ0n) is 11.9.